The number of non-ortho nitro benzene ring substituents is 2. The van der Waals surface area contributed by atoms with Crippen molar-refractivity contribution in [3.63, 3.8) is 0 Å². The van der Waals surface area contributed by atoms with E-state index >= 15 is 0 Å². The summed E-state index contributed by atoms with van der Waals surface area (Å²) in [4.78, 5) is 34.6. The maximum absolute atomic E-state index is 13.3. The minimum Gasteiger partial charge on any atom is -0.468 e. The van der Waals surface area contributed by atoms with E-state index in [2.05, 4.69) is 9.24 Å². The van der Waals surface area contributed by atoms with Crippen LogP contribution in [0.15, 0.2) is 116 Å². The number of carbonyl (C=O) groups is 1. The molecule has 0 amide bonds. The molecule has 2 heterocycles. The van der Waals surface area contributed by atoms with Gasteiger partial charge < -0.3 is 37.0 Å². The number of esters is 1. The number of nitrogens with zero attached hydrogens (tertiary/aromatic N) is 5. The third kappa shape index (κ3) is 13.6. The van der Waals surface area contributed by atoms with Crippen molar-refractivity contribution in [1.29, 1.82) is 0 Å². The number of rotatable bonds is 14. The molecule has 0 saturated heterocycles. The highest BCUT2D eigenvalue weighted by Crippen LogP contribution is 2.81. The number of carbonyl (C=O) groups excluding carboxylic acids is 1. The van der Waals surface area contributed by atoms with Crippen molar-refractivity contribution in [3.05, 3.63) is 128 Å². The summed E-state index contributed by atoms with van der Waals surface area (Å²) in [6.45, 7) is -1.54. The van der Waals surface area contributed by atoms with Crippen LogP contribution in [0.5, 0.6) is 17.2 Å². The SMILES string of the molecule is COC(=O)[C@H](Cc1ccc(OP23=NP(Oc4ccc([N+](=O)[O-])cc4)(Oc4ccc([N+](=O)[O-])cc4)=NP(Cl)(=N2)OCCOCCOCCOCCO3)cc1)NS(=O)(=O)c1ccc(C)cc1. The molecule has 0 radical (unpaired) electrons. The van der Waals surface area contributed by atoms with Crippen molar-refractivity contribution in [1.82, 2.24) is 4.72 Å². The molecular formula is C37H42ClN6O16P3S. The van der Waals surface area contributed by atoms with E-state index in [0.717, 1.165) is 12.7 Å². The van der Waals surface area contributed by atoms with E-state index in [0.29, 0.717) is 5.56 Å². The van der Waals surface area contributed by atoms with Gasteiger partial charge in [-0.1, -0.05) is 29.8 Å². The summed E-state index contributed by atoms with van der Waals surface area (Å²) in [6.07, 6.45) is -0.128. The summed E-state index contributed by atoms with van der Waals surface area (Å²) in [5.74, 6) is -0.743. The number of ether oxygens (including phenoxy) is 4. The fourth-order valence-electron chi connectivity index (χ4n) is 5.58. The number of fused-ring (bicyclic) bond motifs is 1. The molecule has 6 rings (SSSR count). The van der Waals surface area contributed by atoms with Crippen LogP contribution >= 0.6 is 33.3 Å². The van der Waals surface area contributed by atoms with Gasteiger partial charge in [-0.25, -0.2) is 8.42 Å². The minimum absolute atomic E-state index is 0.00659. The molecule has 1 N–H and O–H groups in total. The van der Waals surface area contributed by atoms with Crippen LogP contribution in [0.2, 0.25) is 0 Å². The molecule has 27 heteroatoms. The number of hydrogen-bond acceptors (Lipinski definition) is 19. The summed E-state index contributed by atoms with van der Waals surface area (Å²) in [6, 6.07) is 20.8. The van der Waals surface area contributed by atoms with Crippen LogP contribution < -0.4 is 18.3 Å². The van der Waals surface area contributed by atoms with Gasteiger partial charge in [0.25, 0.3) is 11.4 Å². The Hall–Kier alpha value is -4.76. The molecule has 64 heavy (non-hydrogen) atoms. The van der Waals surface area contributed by atoms with Crippen LogP contribution in [-0.4, -0.2) is 90.2 Å². The molecule has 0 saturated carbocycles. The fraction of sp³-hybridized carbons (Fsp3) is 0.324. The Morgan fingerprint density at radius 1 is 0.703 bits per heavy atom. The molecule has 2 unspecified atom stereocenters. The zero-order chi connectivity index (χ0) is 45.8. The van der Waals surface area contributed by atoms with Crippen molar-refractivity contribution in [2.24, 2.45) is 13.5 Å². The molecule has 0 aliphatic carbocycles. The number of benzene rings is 4. The van der Waals surface area contributed by atoms with Crippen LogP contribution in [0, 0.1) is 27.2 Å². The predicted octanol–water partition coefficient (Wildman–Crippen LogP) is 8.60. The zero-order valence-corrected chi connectivity index (χ0v) is 38.3. The van der Waals surface area contributed by atoms with Gasteiger partial charge in [0, 0.05) is 24.3 Å². The lowest BCUT2D eigenvalue weighted by Gasteiger charge is -2.31. The van der Waals surface area contributed by atoms with Crippen molar-refractivity contribution >= 4 is 60.7 Å². The number of methoxy groups -OCH3 is 1. The summed E-state index contributed by atoms with van der Waals surface area (Å²) < 4.78 is 96.7. The van der Waals surface area contributed by atoms with Crippen molar-refractivity contribution in [3.8, 4) is 17.2 Å². The first-order chi connectivity index (χ1) is 30.6. The number of nitro groups is 2. The average molecular weight is 987 g/mol. The average Bonchev–Trinajstić information content (AvgIpc) is 3.25. The largest absolute Gasteiger partial charge is 0.468 e. The van der Waals surface area contributed by atoms with E-state index in [-0.39, 0.29) is 92.8 Å². The highest BCUT2D eigenvalue weighted by Gasteiger charge is 2.45. The Balaban J connectivity index is 1.42. The lowest BCUT2D eigenvalue weighted by Crippen LogP contribution is -2.42. The first-order valence-electron chi connectivity index (χ1n) is 19.1. The van der Waals surface area contributed by atoms with Gasteiger partial charge in [-0.05, 0) is 78.7 Å². The Labute approximate surface area is 372 Å². The van der Waals surface area contributed by atoms with E-state index in [9.17, 15) is 33.4 Å². The van der Waals surface area contributed by atoms with Crippen molar-refractivity contribution < 1.29 is 64.6 Å². The van der Waals surface area contributed by atoms with E-state index in [1.807, 2.05) is 6.92 Å². The second kappa shape index (κ2) is 21.9. The summed E-state index contributed by atoms with van der Waals surface area (Å²) >= 11 is 7.21. The molecule has 344 valence electrons. The highest BCUT2D eigenvalue weighted by atomic mass is 35.7. The molecule has 2 aliphatic rings. The van der Waals surface area contributed by atoms with E-state index in [1.165, 1.54) is 72.8 Å². The molecule has 0 spiro atoms. The van der Waals surface area contributed by atoms with Crippen LogP contribution in [0.25, 0.3) is 0 Å². The monoisotopic (exact) mass is 986 g/mol. The summed E-state index contributed by atoms with van der Waals surface area (Å²) in [7, 11) is -11.5. The Kier molecular flexibility index (Phi) is 16.7. The quantitative estimate of drug-likeness (QED) is 0.0536. The standard InChI is InChI=1S/C37H42ClN6O16P3S/c1-28-3-17-35(18-4-28)64(50,51)39-36(37(45)52-2)27-29-5-11-32(12-6-29)58-62-40-61(38,56-25-23-54-21-19-53-20-22-55-24-26-57-62)41-63(42-62,59-33-13-7-30(8-14-33)43(46)47)60-34-15-9-31(10-16-34)44(48)49/h3-18,36,39H,19-27H2,1-2H3/t36-,61?,62?/m0/s1. The number of nitro benzene ring substituents is 2. The molecule has 22 nitrogen and oxygen atoms in total. The molecule has 4 aromatic rings. The first kappa shape index (κ1) is 48.7. The van der Waals surface area contributed by atoms with Gasteiger partial charge in [0.15, 0.2) is 0 Å². The van der Waals surface area contributed by atoms with Crippen LogP contribution in [0.3, 0.4) is 0 Å². The van der Waals surface area contributed by atoms with Crippen molar-refractivity contribution in [2.45, 2.75) is 24.3 Å². The van der Waals surface area contributed by atoms with Crippen LogP contribution in [-0.2, 0) is 49.2 Å². The first-order valence-corrected chi connectivity index (χ1v) is 26.1. The van der Waals surface area contributed by atoms with Gasteiger partial charge in [-0.2, -0.15) is 4.72 Å². The van der Waals surface area contributed by atoms with Gasteiger partial charge in [0.05, 0.1) is 74.7 Å². The normalized spacial score (nSPS) is 21.0. The molecular weight excluding hydrogens is 945 g/mol. The summed E-state index contributed by atoms with van der Waals surface area (Å²) in [5, 5.41) is 23.0. The Bertz CT molecular complexity index is 2510. The Morgan fingerprint density at radius 3 is 1.67 bits per heavy atom. The van der Waals surface area contributed by atoms with Crippen molar-refractivity contribution in [2.75, 3.05) is 60.0 Å². The predicted molar refractivity (Wildman–Crippen MR) is 234 cm³/mol. The highest BCUT2D eigenvalue weighted by molar-refractivity contribution is 7.94. The molecule has 2 aliphatic heterocycles. The minimum atomic E-state index is -4.30. The third-order valence-electron chi connectivity index (χ3n) is 8.63. The number of halogens is 1. The maximum atomic E-state index is 13.3. The second-order valence-electron chi connectivity index (χ2n) is 13.4. The molecule has 0 fully saturated rings. The molecule has 4 aromatic carbocycles. The number of aryl methyl sites for hydroxylation is 1. The van der Waals surface area contributed by atoms with Crippen LogP contribution in [0.1, 0.15) is 11.1 Å². The lowest BCUT2D eigenvalue weighted by molar-refractivity contribution is -0.385. The van der Waals surface area contributed by atoms with E-state index < -0.39 is 54.0 Å². The zero-order valence-electron chi connectivity index (χ0n) is 34.1. The van der Waals surface area contributed by atoms with E-state index in [1.54, 1.807) is 24.3 Å². The number of hydrogen-bond donors (Lipinski definition) is 1. The van der Waals surface area contributed by atoms with Gasteiger partial charge in [0.2, 0.25) is 10.0 Å². The Morgan fingerprint density at radius 2 is 1.17 bits per heavy atom. The third-order valence-corrected chi connectivity index (χ3v) is 19.4. The smallest absolute Gasteiger partial charge is 0.457 e. The summed E-state index contributed by atoms with van der Waals surface area (Å²) in [5.41, 5.74) is 0.839. The molecule has 0 aromatic heterocycles. The topological polar surface area (TPSA) is 270 Å². The number of sulfonamides is 1. The lowest BCUT2D eigenvalue weighted by atomic mass is 10.1. The number of nitrogens with one attached hydrogen (secondary N) is 1. The van der Waals surface area contributed by atoms with Gasteiger partial charge in [-0.15, -0.1) is 13.5 Å². The van der Waals surface area contributed by atoms with Gasteiger partial charge in [0.1, 0.15) is 23.3 Å². The molecule has 3 atom stereocenters. The fourth-order valence-corrected chi connectivity index (χ4v) is 16.9. The van der Waals surface area contributed by atoms with Crippen LogP contribution in [0.4, 0.5) is 11.4 Å². The second-order valence-corrected chi connectivity index (χ2v) is 22.5. The maximum Gasteiger partial charge on any atom is 0.457 e. The van der Waals surface area contributed by atoms with Gasteiger partial charge >= 0.3 is 28.1 Å². The molecule has 2 bridgehead atoms. The van der Waals surface area contributed by atoms with E-state index in [4.69, 9.17) is 61.8 Å². The van der Waals surface area contributed by atoms with Gasteiger partial charge in [-0.3, -0.25) is 29.5 Å².